The molecule has 1 aliphatic carbocycles. The summed E-state index contributed by atoms with van der Waals surface area (Å²) in [5.41, 5.74) is -0.123. The van der Waals surface area contributed by atoms with Crippen LogP contribution in [0.3, 0.4) is 0 Å². The minimum atomic E-state index is -0.123. The maximum Gasteiger partial charge on any atom is 0.222 e. The lowest BCUT2D eigenvalue weighted by atomic mass is 9.94. The van der Waals surface area contributed by atoms with E-state index in [1.807, 2.05) is 4.68 Å². The van der Waals surface area contributed by atoms with Crippen LogP contribution in [0.1, 0.15) is 72.6 Å². The highest BCUT2D eigenvalue weighted by molar-refractivity contribution is 7.99. The van der Waals surface area contributed by atoms with Gasteiger partial charge < -0.3 is 4.90 Å². The molecule has 1 aromatic rings. The summed E-state index contributed by atoms with van der Waals surface area (Å²) in [6.45, 7) is 9.18. The number of amides is 1. The van der Waals surface area contributed by atoms with Gasteiger partial charge in [0.1, 0.15) is 0 Å². The molecule has 6 nitrogen and oxygen atoms in total. The summed E-state index contributed by atoms with van der Waals surface area (Å²) in [4.78, 5) is 14.6. The largest absolute Gasteiger partial charge is 0.340 e. The van der Waals surface area contributed by atoms with Crippen LogP contribution >= 0.6 is 11.8 Å². The summed E-state index contributed by atoms with van der Waals surface area (Å²) >= 11 is 1.63. The molecule has 1 aliphatic rings. The normalized spacial score (nSPS) is 16.3. The van der Waals surface area contributed by atoms with E-state index in [9.17, 15) is 4.79 Å². The van der Waals surface area contributed by atoms with Gasteiger partial charge in [-0.2, -0.15) is 0 Å². The van der Waals surface area contributed by atoms with Crippen LogP contribution < -0.4 is 0 Å². The number of carbonyl (C=O) groups excluding carboxylic acids is 1. The quantitative estimate of drug-likeness (QED) is 0.555. The highest BCUT2D eigenvalue weighted by Crippen LogP contribution is 2.24. The number of aromatic nitrogens is 4. The second-order valence-electron chi connectivity index (χ2n) is 7.47. The zero-order valence-corrected chi connectivity index (χ0v) is 16.3. The smallest absolute Gasteiger partial charge is 0.222 e. The molecule has 2 rings (SSSR count). The molecule has 1 fully saturated rings. The van der Waals surface area contributed by atoms with Gasteiger partial charge in [0.15, 0.2) is 0 Å². The summed E-state index contributed by atoms with van der Waals surface area (Å²) < 4.78 is 1.85. The van der Waals surface area contributed by atoms with E-state index in [2.05, 4.69) is 48.1 Å². The second kappa shape index (κ2) is 8.83. The first kappa shape index (κ1) is 19.2. The molecule has 0 spiro atoms. The van der Waals surface area contributed by atoms with Crippen LogP contribution in [0.4, 0.5) is 0 Å². The molecule has 0 radical (unpaired) electrons. The Morgan fingerprint density at radius 2 is 2.00 bits per heavy atom. The van der Waals surface area contributed by atoms with Crippen LogP contribution in [0.2, 0.25) is 0 Å². The SMILES string of the molecule is CCN(C(=O)CCCSc1nnnn1C(C)(C)C)C1CCCCC1. The Kier molecular flexibility index (Phi) is 7.07. The van der Waals surface area contributed by atoms with Crippen molar-refractivity contribution in [1.82, 2.24) is 25.1 Å². The van der Waals surface area contributed by atoms with Crippen LogP contribution in [0.15, 0.2) is 5.16 Å². The van der Waals surface area contributed by atoms with E-state index in [0.717, 1.165) is 23.9 Å². The highest BCUT2D eigenvalue weighted by Gasteiger charge is 2.24. The van der Waals surface area contributed by atoms with Crippen molar-refractivity contribution in [3.05, 3.63) is 0 Å². The zero-order valence-electron chi connectivity index (χ0n) is 15.5. The van der Waals surface area contributed by atoms with Gasteiger partial charge in [0.2, 0.25) is 11.1 Å². The van der Waals surface area contributed by atoms with Crippen LogP contribution in [-0.4, -0.2) is 49.4 Å². The summed E-state index contributed by atoms with van der Waals surface area (Å²) in [6, 6.07) is 0.470. The number of hydrogen-bond donors (Lipinski definition) is 0. The summed E-state index contributed by atoms with van der Waals surface area (Å²) in [5.74, 6) is 1.17. The van der Waals surface area contributed by atoms with Gasteiger partial charge in [-0.25, -0.2) is 4.68 Å². The Morgan fingerprint density at radius 3 is 2.62 bits per heavy atom. The van der Waals surface area contributed by atoms with Crippen molar-refractivity contribution >= 4 is 17.7 Å². The third-order valence-corrected chi connectivity index (χ3v) is 5.52. The molecule has 1 heterocycles. The van der Waals surface area contributed by atoms with Gasteiger partial charge in [-0.1, -0.05) is 31.0 Å². The number of carbonyl (C=O) groups is 1. The molecule has 136 valence electrons. The first-order chi connectivity index (χ1) is 11.4. The lowest BCUT2D eigenvalue weighted by Crippen LogP contribution is -2.41. The third-order valence-electron chi connectivity index (χ3n) is 4.52. The molecule has 24 heavy (non-hydrogen) atoms. The van der Waals surface area contributed by atoms with Crippen LogP contribution in [0.5, 0.6) is 0 Å². The first-order valence-electron chi connectivity index (χ1n) is 9.14. The van der Waals surface area contributed by atoms with Gasteiger partial charge in [-0.05, 0) is 57.4 Å². The molecule has 7 heteroatoms. The topological polar surface area (TPSA) is 63.9 Å². The summed E-state index contributed by atoms with van der Waals surface area (Å²) in [6.07, 6.45) is 7.68. The monoisotopic (exact) mass is 353 g/mol. The van der Waals surface area contributed by atoms with Crippen molar-refractivity contribution in [3.63, 3.8) is 0 Å². The van der Waals surface area contributed by atoms with E-state index in [4.69, 9.17) is 0 Å². The number of hydrogen-bond acceptors (Lipinski definition) is 5. The maximum atomic E-state index is 12.5. The molecule has 0 atom stereocenters. The molecule has 0 aromatic carbocycles. The van der Waals surface area contributed by atoms with Gasteiger partial charge >= 0.3 is 0 Å². The van der Waals surface area contributed by atoms with Crippen LogP contribution in [0.25, 0.3) is 0 Å². The lowest BCUT2D eigenvalue weighted by Gasteiger charge is -2.33. The standard InChI is InChI=1S/C17H31N5OS/c1-5-21(14-10-7-6-8-11-14)15(23)12-9-13-24-16-18-19-20-22(16)17(2,3)4/h14H,5-13H2,1-4H3. The van der Waals surface area contributed by atoms with Crippen molar-refractivity contribution < 1.29 is 4.79 Å². The molecule has 0 unspecified atom stereocenters. The van der Waals surface area contributed by atoms with E-state index in [1.54, 1.807) is 11.8 Å². The molecule has 0 bridgehead atoms. The van der Waals surface area contributed by atoms with Crippen molar-refractivity contribution in [2.24, 2.45) is 0 Å². The van der Waals surface area contributed by atoms with Gasteiger partial charge in [-0.3, -0.25) is 4.79 Å². The fraction of sp³-hybridized carbons (Fsp3) is 0.882. The van der Waals surface area contributed by atoms with E-state index in [1.165, 1.54) is 32.1 Å². The van der Waals surface area contributed by atoms with Gasteiger partial charge in [0, 0.05) is 24.8 Å². The predicted molar refractivity (Wildman–Crippen MR) is 97.0 cm³/mol. The Balaban J connectivity index is 1.77. The molecular weight excluding hydrogens is 322 g/mol. The highest BCUT2D eigenvalue weighted by atomic mass is 32.2. The van der Waals surface area contributed by atoms with Crippen molar-refractivity contribution in [3.8, 4) is 0 Å². The maximum absolute atomic E-state index is 12.5. The molecule has 1 amide bonds. The summed E-state index contributed by atoms with van der Waals surface area (Å²) in [7, 11) is 0. The number of rotatable bonds is 7. The third kappa shape index (κ3) is 5.19. The second-order valence-corrected chi connectivity index (χ2v) is 8.53. The number of nitrogens with zero attached hydrogens (tertiary/aromatic N) is 5. The zero-order chi connectivity index (χ0) is 17.6. The van der Waals surface area contributed by atoms with E-state index >= 15 is 0 Å². The summed E-state index contributed by atoms with van der Waals surface area (Å²) in [5, 5.41) is 12.8. The van der Waals surface area contributed by atoms with Gasteiger partial charge in [0.25, 0.3) is 0 Å². The van der Waals surface area contributed by atoms with Gasteiger partial charge in [0.05, 0.1) is 5.54 Å². The number of tetrazole rings is 1. The Labute approximate surface area is 149 Å². The fourth-order valence-electron chi connectivity index (χ4n) is 3.25. The first-order valence-corrected chi connectivity index (χ1v) is 10.1. The molecule has 0 N–H and O–H groups in total. The number of thioether (sulfide) groups is 1. The molecule has 0 aliphatic heterocycles. The van der Waals surface area contributed by atoms with Crippen molar-refractivity contribution in [2.45, 2.75) is 89.4 Å². The molecule has 0 saturated heterocycles. The van der Waals surface area contributed by atoms with E-state index in [0.29, 0.717) is 18.4 Å². The van der Waals surface area contributed by atoms with Gasteiger partial charge in [-0.15, -0.1) is 5.10 Å². The average molecular weight is 354 g/mol. The Morgan fingerprint density at radius 1 is 1.29 bits per heavy atom. The molecular formula is C17H31N5OS. The average Bonchev–Trinajstić information content (AvgIpc) is 3.02. The van der Waals surface area contributed by atoms with E-state index < -0.39 is 0 Å². The Hall–Kier alpha value is -1.11. The minimum absolute atomic E-state index is 0.123. The fourth-order valence-corrected chi connectivity index (χ4v) is 4.25. The van der Waals surface area contributed by atoms with Crippen molar-refractivity contribution in [2.75, 3.05) is 12.3 Å². The molecule has 1 aromatic heterocycles. The van der Waals surface area contributed by atoms with E-state index in [-0.39, 0.29) is 5.54 Å². The lowest BCUT2D eigenvalue weighted by molar-refractivity contribution is -0.133. The predicted octanol–water partition coefficient (Wildman–Crippen LogP) is 3.48. The molecule has 1 saturated carbocycles. The van der Waals surface area contributed by atoms with Crippen molar-refractivity contribution in [1.29, 1.82) is 0 Å². The van der Waals surface area contributed by atoms with Crippen LogP contribution in [0, 0.1) is 0 Å². The Bertz CT molecular complexity index is 519. The van der Waals surface area contributed by atoms with Crippen LogP contribution in [-0.2, 0) is 10.3 Å². The minimum Gasteiger partial charge on any atom is -0.340 e.